The molecule has 2 N–H and O–H groups in total. The molecular formula is C10H23NO3. The third kappa shape index (κ3) is 9.92. The molecule has 14 heavy (non-hydrogen) atoms. The summed E-state index contributed by atoms with van der Waals surface area (Å²) in [5.41, 5.74) is 0.0609. The molecule has 0 aliphatic heterocycles. The van der Waals surface area contributed by atoms with Gasteiger partial charge in [0.15, 0.2) is 0 Å². The van der Waals surface area contributed by atoms with E-state index in [-0.39, 0.29) is 18.4 Å². The molecule has 0 aliphatic carbocycles. The van der Waals surface area contributed by atoms with Gasteiger partial charge in [0.05, 0.1) is 26.4 Å². The highest BCUT2D eigenvalue weighted by Crippen LogP contribution is 2.01. The second-order valence-corrected chi connectivity index (χ2v) is 4.24. The summed E-state index contributed by atoms with van der Waals surface area (Å²) in [6.45, 7) is 9.76. The van der Waals surface area contributed by atoms with Crippen molar-refractivity contribution in [1.82, 2.24) is 5.32 Å². The maximum Gasteiger partial charge on any atom is 0.105 e. The second kappa shape index (κ2) is 7.17. The average molecular weight is 205 g/mol. The number of rotatable bonds is 7. The molecule has 0 aromatic rings. The molecule has 0 saturated carbocycles. The predicted octanol–water partition coefficient (Wildman–Crippen LogP) is 0.746. The van der Waals surface area contributed by atoms with Crippen LogP contribution in [0, 0.1) is 0 Å². The molecule has 0 heterocycles. The van der Waals surface area contributed by atoms with Gasteiger partial charge < -0.3 is 14.6 Å². The quantitative estimate of drug-likeness (QED) is 0.475. The van der Waals surface area contributed by atoms with Crippen molar-refractivity contribution in [3.8, 4) is 0 Å². The average Bonchev–Trinajstić information content (AvgIpc) is 2.00. The summed E-state index contributed by atoms with van der Waals surface area (Å²) in [4.78, 5) is 0. The first kappa shape index (κ1) is 13.8. The fourth-order valence-electron chi connectivity index (χ4n) is 1.10. The Bertz CT molecular complexity index is 134. The van der Waals surface area contributed by atoms with Gasteiger partial charge in [0, 0.05) is 5.54 Å². The summed E-state index contributed by atoms with van der Waals surface area (Å²) in [6, 6.07) is 0. The van der Waals surface area contributed by atoms with Gasteiger partial charge in [-0.2, -0.15) is 0 Å². The molecular weight excluding hydrogens is 182 g/mol. The second-order valence-electron chi connectivity index (χ2n) is 4.24. The van der Waals surface area contributed by atoms with Crippen molar-refractivity contribution in [3.05, 3.63) is 0 Å². The van der Waals surface area contributed by atoms with Crippen molar-refractivity contribution >= 4 is 0 Å². The molecule has 1 atom stereocenters. The monoisotopic (exact) mass is 205 g/mol. The lowest BCUT2D eigenvalue weighted by atomic mass is 10.1. The lowest BCUT2D eigenvalue weighted by Gasteiger charge is -2.26. The summed E-state index contributed by atoms with van der Waals surface area (Å²) in [5.74, 6) is 0. The molecule has 0 saturated heterocycles. The van der Waals surface area contributed by atoms with E-state index in [2.05, 4.69) is 26.1 Å². The Morgan fingerprint density at radius 2 is 1.86 bits per heavy atom. The molecule has 86 valence electrons. The maximum atomic E-state index is 8.45. The summed E-state index contributed by atoms with van der Waals surface area (Å²) >= 11 is 0. The SMILES string of the molecule is CC(NC(C)(C)C)OCCOCCO. The molecule has 0 rings (SSSR count). The number of nitrogens with one attached hydrogen (secondary N) is 1. The van der Waals surface area contributed by atoms with Crippen LogP contribution < -0.4 is 5.32 Å². The van der Waals surface area contributed by atoms with Crippen LogP contribution in [0.4, 0.5) is 0 Å². The smallest absolute Gasteiger partial charge is 0.105 e. The Hall–Kier alpha value is -0.160. The van der Waals surface area contributed by atoms with Gasteiger partial charge in [0.25, 0.3) is 0 Å². The third-order valence-corrected chi connectivity index (χ3v) is 1.47. The summed E-state index contributed by atoms with van der Waals surface area (Å²) in [7, 11) is 0. The number of hydrogen-bond acceptors (Lipinski definition) is 4. The zero-order valence-corrected chi connectivity index (χ0v) is 9.67. The predicted molar refractivity (Wildman–Crippen MR) is 56.2 cm³/mol. The normalized spacial score (nSPS) is 14.4. The standard InChI is InChI=1S/C10H23NO3/c1-9(11-10(2,3)4)14-8-7-13-6-5-12/h9,11-12H,5-8H2,1-4H3. The van der Waals surface area contributed by atoms with Crippen LogP contribution in [0.2, 0.25) is 0 Å². The fourth-order valence-corrected chi connectivity index (χ4v) is 1.10. The first-order valence-corrected chi connectivity index (χ1v) is 5.03. The molecule has 0 amide bonds. The molecule has 0 bridgehead atoms. The zero-order valence-electron chi connectivity index (χ0n) is 9.67. The molecule has 0 fully saturated rings. The highest BCUT2D eigenvalue weighted by molar-refractivity contribution is 4.70. The van der Waals surface area contributed by atoms with Crippen LogP contribution in [0.1, 0.15) is 27.7 Å². The van der Waals surface area contributed by atoms with Gasteiger partial charge in [-0.15, -0.1) is 0 Å². The third-order valence-electron chi connectivity index (χ3n) is 1.47. The minimum absolute atomic E-state index is 0.0210. The Labute approximate surface area is 86.6 Å². The summed E-state index contributed by atoms with van der Waals surface area (Å²) < 4.78 is 10.5. The van der Waals surface area contributed by atoms with E-state index in [1.165, 1.54) is 0 Å². The van der Waals surface area contributed by atoms with E-state index in [1.54, 1.807) is 0 Å². The van der Waals surface area contributed by atoms with Crippen LogP contribution in [0.25, 0.3) is 0 Å². The van der Waals surface area contributed by atoms with Crippen molar-refractivity contribution in [2.45, 2.75) is 39.5 Å². The van der Waals surface area contributed by atoms with Crippen LogP contribution in [-0.2, 0) is 9.47 Å². The Morgan fingerprint density at radius 1 is 1.21 bits per heavy atom. The van der Waals surface area contributed by atoms with E-state index in [0.29, 0.717) is 19.8 Å². The maximum absolute atomic E-state index is 8.45. The van der Waals surface area contributed by atoms with E-state index < -0.39 is 0 Å². The lowest BCUT2D eigenvalue weighted by molar-refractivity contribution is -0.0168. The zero-order chi connectivity index (χ0) is 11.0. The number of aliphatic hydroxyl groups is 1. The Morgan fingerprint density at radius 3 is 2.36 bits per heavy atom. The lowest BCUT2D eigenvalue weighted by Crippen LogP contribution is -2.43. The first-order valence-electron chi connectivity index (χ1n) is 5.03. The molecule has 0 aromatic heterocycles. The van der Waals surface area contributed by atoms with Crippen LogP contribution in [-0.4, -0.2) is 43.3 Å². The van der Waals surface area contributed by atoms with Gasteiger partial charge in [-0.3, -0.25) is 5.32 Å². The van der Waals surface area contributed by atoms with Crippen molar-refractivity contribution in [3.63, 3.8) is 0 Å². The summed E-state index contributed by atoms with van der Waals surface area (Å²) in [5, 5.41) is 11.7. The highest BCUT2D eigenvalue weighted by atomic mass is 16.5. The minimum Gasteiger partial charge on any atom is -0.394 e. The molecule has 0 aromatic carbocycles. The van der Waals surface area contributed by atoms with Crippen molar-refractivity contribution in [1.29, 1.82) is 0 Å². The van der Waals surface area contributed by atoms with E-state index in [4.69, 9.17) is 14.6 Å². The van der Waals surface area contributed by atoms with Crippen molar-refractivity contribution < 1.29 is 14.6 Å². The summed E-state index contributed by atoms with van der Waals surface area (Å²) in [6.07, 6.45) is 0.0210. The van der Waals surface area contributed by atoms with Crippen LogP contribution in [0.15, 0.2) is 0 Å². The van der Waals surface area contributed by atoms with E-state index in [9.17, 15) is 0 Å². The van der Waals surface area contributed by atoms with Crippen LogP contribution in [0.5, 0.6) is 0 Å². The van der Waals surface area contributed by atoms with E-state index in [1.807, 2.05) is 6.92 Å². The van der Waals surface area contributed by atoms with Crippen molar-refractivity contribution in [2.75, 3.05) is 26.4 Å². The number of ether oxygens (including phenoxy) is 2. The van der Waals surface area contributed by atoms with Gasteiger partial charge in [-0.05, 0) is 27.7 Å². The molecule has 0 radical (unpaired) electrons. The van der Waals surface area contributed by atoms with Gasteiger partial charge in [-0.1, -0.05) is 0 Å². The first-order chi connectivity index (χ1) is 6.45. The van der Waals surface area contributed by atoms with Crippen LogP contribution >= 0.6 is 0 Å². The Balaban J connectivity index is 3.31. The van der Waals surface area contributed by atoms with Crippen molar-refractivity contribution in [2.24, 2.45) is 0 Å². The fraction of sp³-hybridized carbons (Fsp3) is 1.00. The van der Waals surface area contributed by atoms with Gasteiger partial charge >= 0.3 is 0 Å². The van der Waals surface area contributed by atoms with Gasteiger partial charge in [0.1, 0.15) is 6.23 Å². The molecule has 4 nitrogen and oxygen atoms in total. The Kier molecular flexibility index (Phi) is 7.09. The molecule has 0 aliphatic rings. The van der Waals surface area contributed by atoms with Crippen LogP contribution in [0.3, 0.4) is 0 Å². The number of aliphatic hydroxyl groups excluding tert-OH is 1. The van der Waals surface area contributed by atoms with E-state index in [0.717, 1.165) is 0 Å². The van der Waals surface area contributed by atoms with Gasteiger partial charge in [-0.25, -0.2) is 0 Å². The van der Waals surface area contributed by atoms with Gasteiger partial charge in [0.2, 0.25) is 0 Å². The minimum atomic E-state index is 0.0210. The topological polar surface area (TPSA) is 50.7 Å². The highest BCUT2D eigenvalue weighted by Gasteiger charge is 2.13. The largest absolute Gasteiger partial charge is 0.394 e. The number of hydrogen-bond donors (Lipinski definition) is 2. The molecule has 1 unspecified atom stereocenters. The molecule has 0 spiro atoms. The van der Waals surface area contributed by atoms with E-state index >= 15 is 0 Å². The molecule has 4 heteroatoms.